The van der Waals surface area contributed by atoms with Gasteiger partial charge in [-0.1, -0.05) is 6.07 Å². The third-order valence-corrected chi connectivity index (χ3v) is 1.78. The van der Waals surface area contributed by atoms with Crippen molar-refractivity contribution in [1.82, 2.24) is 0 Å². The predicted molar refractivity (Wildman–Crippen MR) is 49.7 cm³/mol. The molecule has 0 aromatic heterocycles. The van der Waals surface area contributed by atoms with E-state index in [-0.39, 0.29) is 11.3 Å². The van der Waals surface area contributed by atoms with Crippen LogP contribution in [0.4, 0.5) is 0 Å². The second-order valence-corrected chi connectivity index (χ2v) is 2.54. The fourth-order valence-electron chi connectivity index (χ4n) is 1.15. The van der Waals surface area contributed by atoms with Crippen molar-refractivity contribution in [2.45, 2.75) is 0 Å². The quantitative estimate of drug-likeness (QED) is 0.537. The molecule has 0 aliphatic carbocycles. The molecule has 4 heteroatoms. The minimum Gasteiger partial charge on any atom is -0.495 e. The van der Waals surface area contributed by atoms with Crippen LogP contribution in [-0.4, -0.2) is 26.5 Å². The van der Waals surface area contributed by atoms with Crippen LogP contribution in [0, 0.1) is 0 Å². The maximum atomic E-state index is 11.2. The van der Waals surface area contributed by atoms with E-state index in [1.807, 2.05) is 0 Å². The number of rotatable bonds is 3. The molecule has 1 rings (SSSR count). The number of aldehydes is 1. The van der Waals surface area contributed by atoms with Gasteiger partial charge in [0.25, 0.3) is 0 Å². The first-order valence-corrected chi connectivity index (χ1v) is 3.95. The highest BCUT2D eigenvalue weighted by molar-refractivity contribution is 5.96. The molecule has 4 nitrogen and oxygen atoms in total. The van der Waals surface area contributed by atoms with Crippen molar-refractivity contribution in [3.05, 3.63) is 29.3 Å². The lowest BCUT2D eigenvalue weighted by Crippen LogP contribution is -2.05. The Hall–Kier alpha value is -1.84. The van der Waals surface area contributed by atoms with Crippen molar-refractivity contribution in [2.75, 3.05) is 14.2 Å². The normalized spacial score (nSPS) is 9.29. The summed E-state index contributed by atoms with van der Waals surface area (Å²) >= 11 is 0. The Morgan fingerprint density at radius 1 is 1.36 bits per heavy atom. The Morgan fingerprint density at radius 2 is 2.07 bits per heavy atom. The molecular weight excluding hydrogens is 184 g/mol. The number of para-hydroxylation sites is 1. The molecule has 0 bridgehead atoms. The van der Waals surface area contributed by atoms with Crippen molar-refractivity contribution in [2.24, 2.45) is 0 Å². The van der Waals surface area contributed by atoms with Crippen LogP contribution < -0.4 is 4.74 Å². The Morgan fingerprint density at radius 3 is 2.57 bits per heavy atom. The Bertz CT molecular complexity index is 357. The molecule has 74 valence electrons. The molecule has 0 saturated heterocycles. The minimum atomic E-state index is -0.523. The molecule has 0 heterocycles. The lowest BCUT2D eigenvalue weighted by atomic mass is 10.1. The molecule has 0 aliphatic heterocycles. The molecule has 0 unspecified atom stereocenters. The number of benzene rings is 1. The highest BCUT2D eigenvalue weighted by Gasteiger charge is 2.15. The molecule has 1 aromatic carbocycles. The summed E-state index contributed by atoms with van der Waals surface area (Å²) in [6.45, 7) is 0. The van der Waals surface area contributed by atoms with Gasteiger partial charge in [-0.3, -0.25) is 4.79 Å². The van der Waals surface area contributed by atoms with Gasteiger partial charge in [0.2, 0.25) is 0 Å². The average Bonchev–Trinajstić information content (AvgIpc) is 2.26. The van der Waals surface area contributed by atoms with Gasteiger partial charge in [0.1, 0.15) is 11.3 Å². The molecule has 0 aliphatic rings. The molecule has 0 saturated carbocycles. The maximum Gasteiger partial charge on any atom is 0.341 e. The number of methoxy groups -OCH3 is 2. The fourth-order valence-corrected chi connectivity index (χ4v) is 1.15. The number of carbonyl (C=O) groups is 2. The van der Waals surface area contributed by atoms with Crippen LogP contribution in [0.15, 0.2) is 18.2 Å². The van der Waals surface area contributed by atoms with Crippen LogP contribution in [0.3, 0.4) is 0 Å². The van der Waals surface area contributed by atoms with Crippen LogP contribution in [-0.2, 0) is 4.74 Å². The molecular formula is C10H10O4. The summed E-state index contributed by atoms with van der Waals surface area (Å²) in [6, 6.07) is 4.70. The molecule has 0 radical (unpaired) electrons. The standard InChI is InChI=1S/C10H10O4/c1-13-9-7(6-11)4-3-5-8(9)10(12)14-2/h3-6H,1-2H3. The summed E-state index contributed by atoms with van der Waals surface area (Å²) in [7, 11) is 2.67. The Balaban J connectivity index is 3.28. The smallest absolute Gasteiger partial charge is 0.341 e. The second kappa shape index (κ2) is 4.41. The van der Waals surface area contributed by atoms with Gasteiger partial charge in [-0.05, 0) is 12.1 Å². The zero-order valence-corrected chi connectivity index (χ0v) is 7.94. The van der Waals surface area contributed by atoms with E-state index in [0.29, 0.717) is 11.8 Å². The van der Waals surface area contributed by atoms with Gasteiger partial charge >= 0.3 is 5.97 Å². The molecule has 0 atom stereocenters. The van der Waals surface area contributed by atoms with Gasteiger partial charge < -0.3 is 9.47 Å². The summed E-state index contributed by atoms with van der Waals surface area (Å²) in [5.41, 5.74) is 0.579. The third-order valence-electron chi connectivity index (χ3n) is 1.78. The lowest BCUT2D eigenvalue weighted by molar-refractivity contribution is 0.0597. The molecule has 0 N–H and O–H groups in total. The Labute approximate surface area is 81.4 Å². The van der Waals surface area contributed by atoms with E-state index in [4.69, 9.17) is 4.74 Å². The first-order valence-electron chi connectivity index (χ1n) is 3.95. The van der Waals surface area contributed by atoms with Crippen molar-refractivity contribution in [3.8, 4) is 5.75 Å². The van der Waals surface area contributed by atoms with E-state index in [1.54, 1.807) is 12.1 Å². The molecule has 14 heavy (non-hydrogen) atoms. The highest BCUT2D eigenvalue weighted by atomic mass is 16.5. The molecule has 1 aromatic rings. The van der Waals surface area contributed by atoms with Crippen LogP contribution >= 0.6 is 0 Å². The summed E-state index contributed by atoms with van der Waals surface area (Å²) in [5, 5.41) is 0. The van der Waals surface area contributed by atoms with Gasteiger partial charge in [0.15, 0.2) is 6.29 Å². The van der Waals surface area contributed by atoms with Gasteiger partial charge in [0.05, 0.1) is 19.8 Å². The molecule has 0 amide bonds. The van der Waals surface area contributed by atoms with Crippen molar-refractivity contribution < 1.29 is 19.1 Å². The van der Waals surface area contributed by atoms with E-state index < -0.39 is 5.97 Å². The van der Waals surface area contributed by atoms with Crippen molar-refractivity contribution >= 4 is 12.3 Å². The summed E-state index contributed by atoms with van der Waals surface area (Å²) < 4.78 is 9.50. The summed E-state index contributed by atoms with van der Waals surface area (Å²) in [5.74, 6) is -0.278. The second-order valence-electron chi connectivity index (χ2n) is 2.54. The number of esters is 1. The third kappa shape index (κ3) is 1.74. The van der Waals surface area contributed by atoms with Gasteiger partial charge in [0, 0.05) is 0 Å². The monoisotopic (exact) mass is 194 g/mol. The van der Waals surface area contributed by atoms with E-state index in [9.17, 15) is 9.59 Å². The van der Waals surface area contributed by atoms with Gasteiger partial charge in [-0.25, -0.2) is 4.79 Å². The SMILES string of the molecule is COC(=O)c1cccc(C=O)c1OC. The first kappa shape index (κ1) is 10.2. The van der Waals surface area contributed by atoms with Gasteiger partial charge in [-0.2, -0.15) is 0 Å². The number of carbonyl (C=O) groups excluding carboxylic acids is 2. The zero-order valence-electron chi connectivity index (χ0n) is 7.94. The molecule has 0 spiro atoms. The van der Waals surface area contributed by atoms with E-state index in [1.165, 1.54) is 20.3 Å². The number of hydrogen-bond donors (Lipinski definition) is 0. The van der Waals surface area contributed by atoms with Crippen molar-refractivity contribution in [3.63, 3.8) is 0 Å². The van der Waals surface area contributed by atoms with Gasteiger partial charge in [-0.15, -0.1) is 0 Å². The highest BCUT2D eigenvalue weighted by Crippen LogP contribution is 2.22. The van der Waals surface area contributed by atoms with E-state index in [0.717, 1.165) is 0 Å². The first-order chi connectivity index (χ1) is 6.74. The van der Waals surface area contributed by atoms with E-state index in [2.05, 4.69) is 4.74 Å². The van der Waals surface area contributed by atoms with Crippen LogP contribution in [0.2, 0.25) is 0 Å². The van der Waals surface area contributed by atoms with Crippen LogP contribution in [0.25, 0.3) is 0 Å². The van der Waals surface area contributed by atoms with Crippen molar-refractivity contribution in [1.29, 1.82) is 0 Å². The largest absolute Gasteiger partial charge is 0.495 e. The van der Waals surface area contributed by atoms with Crippen LogP contribution in [0.5, 0.6) is 5.75 Å². The summed E-state index contributed by atoms with van der Waals surface area (Å²) in [4.78, 5) is 21.9. The lowest BCUT2D eigenvalue weighted by Gasteiger charge is -2.07. The minimum absolute atomic E-state index is 0.245. The topological polar surface area (TPSA) is 52.6 Å². The predicted octanol–water partition coefficient (Wildman–Crippen LogP) is 1.29. The number of hydrogen-bond acceptors (Lipinski definition) is 4. The van der Waals surface area contributed by atoms with Crippen LogP contribution in [0.1, 0.15) is 20.7 Å². The fraction of sp³-hybridized carbons (Fsp3) is 0.200. The van der Waals surface area contributed by atoms with E-state index >= 15 is 0 Å². The molecule has 0 fully saturated rings. The maximum absolute atomic E-state index is 11.2. The Kier molecular flexibility index (Phi) is 3.23. The number of ether oxygens (including phenoxy) is 2. The summed E-state index contributed by atoms with van der Waals surface area (Å²) in [6.07, 6.45) is 0.630. The average molecular weight is 194 g/mol. The zero-order chi connectivity index (χ0) is 10.6.